The predicted octanol–water partition coefficient (Wildman–Crippen LogP) is 10.7. The van der Waals surface area contributed by atoms with E-state index in [1.165, 1.54) is 96.3 Å². The molecule has 0 saturated heterocycles. The molecular formula is C38H71NO3. The van der Waals surface area contributed by atoms with Gasteiger partial charge >= 0.3 is 0 Å². The molecule has 0 radical (unpaired) electrons. The second kappa shape index (κ2) is 34.1. The van der Waals surface area contributed by atoms with Gasteiger partial charge in [-0.15, -0.1) is 0 Å². The molecular weight excluding hydrogens is 518 g/mol. The van der Waals surface area contributed by atoms with Gasteiger partial charge in [-0.2, -0.15) is 0 Å². The Morgan fingerprint density at radius 3 is 1.55 bits per heavy atom. The third-order valence-electron chi connectivity index (χ3n) is 8.17. The number of carbonyl (C=O) groups is 1. The van der Waals surface area contributed by atoms with Crippen LogP contribution in [0.3, 0.4) is 0 Å². The first kappa shape index (κ1) is 40.6. The Balaban J connectivity index is 3.60. The number of hydrogen-bond donors (Lipinski definition) is 3. The Bertz CT molecular complexity index is 642. The summed E-state index contributed by atoms with van der Waals surface area (Å²) in [5, 5.41) is 23.0. The first-order valence-electron chi connectivity index (χ1n) is 18.2. The molecule has 0 heterocycles. The third kappa shape index (κ3) is 30.1. The van der Waals surface area contributed by atoms with Gasteiger partial charge in [0.15, 0.2) is 0 Å². The molecule has 0 fully saturated rings. The summed E-state index contributed by atoms with van der Waals surface area (Å²) in [6, 6.07) is -0.549. The molecule has 4 heteroatoms. The molecule has 2 atom stereocenters. The fraction of sp³-hybridized carbons (Fsp3) is 0.816. The Hall–Kier alpha value is -1.39. The van der Waals surface area contributed by atoms with Crippen molar-refractivity contribution < 1.29 is 15.0 Å². The number of aliphatic hydroxyl groups is 2. The number of hydrogen-bond acceptors (Lipinski definition) is 3. The van der Waals surface area contributed by atoms with Crippen LogP contribution in [0.1, 0.15) is 181 Å². The van der Waals surface area contributed by atoms with E-state index in [-0.39, 0.29) is 12.5 Å². The highest BCUT2D eigenvalue weighted by atomic mass is 16.3. The molecule has 4 nitrogen and oxygen atoms in total. The first-order valence-corrected chi connectivity index (χ1v) is 18.2. The number of allylic oxidation sites excluding steroid dienone is 6. The molecule has 0 aliphatic rings. The van der Waals surface area contributed by atoms with E-state index in [4.69, 9.17) is 0 Å². The number of rotatable bonds is 32. The third-order valence-corrected chi connectivity index (χ3v) is 8.17. The maximum absolute atomic E-state index is 12.3. The standard InChI is InChI=1S/C38H71NO3/c1-3-5-7-9-11-13-15-17-18-19-20-22-23-25-27-29-31-33-37(41)36(35-40)39-38(42)34-32-30-28-26-24-21-16-14-12-10-8-6-4-2/h6,8,12,14,21,24,36-37,40-41H,3-5,7,9-11,13,15-20,22-23,25-35H2,1-2H3,(H,39,42)/b8-6-,14-12-,24-21-. The Morgan fingerprint density at radius 2 is 1.05 bits per heavy atom. The Morgan fingerprint density at radius 1 is 0.595 bits per heavy atom. The van der Waals surface area contributed by atoms with Gasteiger partial charge in [0.2, 0.25) is 5.91 Å². The smallest absolute Gasteiger partial charge is 0.220 e. The highest BCUT2D eigenvalue weighted by Gasteiger charge is 2.19. The van der Waals surface area contributed by atoms with Crippen molar-refractivity contribution in [3.63, 3.8) is 0 Å². The molecule has 0 aromatic heterocycles. The molecule has 0 spiro atoms. The van der Waals surface area contributed by atoms with E-state index < -0.39 is 12.1 Å². The van der Waals surface area contributed by atoms with Gasteiger partial charge in [0.1, 0.15) is 0 Å². The van der Waals surface area contributed by atoms with Crippen molar-refractivity contribution in [3.05, 3.63) is 36.5 Å². The summed E-state index contributed by atoms with van der Waals surface area (Å²) < 4.78 is 0. The molecule has 0 aliphatic heterocycles. The molecule has 246 valence electrons. The summed E-state index contributed by atoms with van der Waals surface area (Å²) in [6.07, 6.45) is 43.4. The van der Waals surface area contributed by atoms with E-state index in [0.717, 1.165) is 57.8 Å². The summed E-state index contributed by atoms with van der Waals surface area (Å²) in [5.41, 5.74) is 0. The van der Waals surface area contributed by atoms with Crippen LogP contribution < -0.4 is 5.32 Å². The Kier molecular flexibility index (Phi) is 33.0. The lowest BCUT2D eigenvalue weighted by Crippen LogP contribution is -2.45. The number of carbonyl (C=O) groups excluding carboxylic acids is 1. The summed E-state index contributed by atoms with van der Waals surface area (Å²) >= 11 is 0. The van der Waals surface area contributed by atoms with Crippen molar-refractivity contribution in [2.45, 2.75) is 193 Å². The van der Waals surface area contributed by atoms with Gasteiger partial charge in [-0.1, -0.05) is 166 Å². The number of aliphatic hydroxyl groups excluding tert-OH is 2. The maximum Gasteiger partial charge on any atom is 0.220 e. The lowest BCUT2D eigenvalue weighted by Gasteiger charge is -2.22. The maximum atomic E-state index is 12.3. The van der Waals surface area contributed by atoms with Gasteiger partial charge in [-0.05, 0) is 44.9 Å². The summed E-state index contributed by atoms with van der Waals surface area (Å²) in [7, 11) is 0. The van der Waals surface area contributed by atoms with Gasteiger partial charge < -0.3 is 15.5 Å². The van der Waals surface area contributed by atoms with Crippen LogP contribution in [0.2, 0.25) is 0 Å². The van der Waals surface area contributed by atoms with Crippen LogP contribution in [0, 0.1) is 0 Å². The van der Waals surface area contributed by atoms with Crippen LogP contribution in [0.5, 0.6) is 0 Å². The molecule has 0 aromatic carbocycles. The molecule has 0 saturated carbocycles. The molecule has 3 N–H and O–H groups in total. The molecule has 0 bridgehead atoms. The molecule has 2 unspecified atom stereocenters. The van der Waals surface area contributed by atoms with Crippen molar-refractivity contribution in [1.29, 1.82) is 0 Å². The van der Waals surface area contributed by atoms with Crippen LogP contribution in [0.15, 0.2) is 36.5 Å². The highest BCUT2D eigenvalue weighted by molar-refractivity contribution is 5.76. The van der Waals surface area contributed by atoms with Crippen molar-refractivity contribution in [1.82, 2.24) is 5.32 Å². The highest BCUT2D eigenvalue weighted by Crippen LogP contribution is 2.15. The zero-order valence-electron chi connectivity index (χ0n) is 28.0. The van der Waals surface area contributed by atoms with Crippen LogP contribution in [-0.2, 0) is 4.79 Å². The normalized spacial score (nSPS) is 13.5. The molecule has 0 rings (SSSR count). The van der Waals surface area contributed by atoms with E-state index in [1.807, 2.05) is 0 Å². The summed E-state index contributed by atoms with van der Waals surface area (Å²) in [4.78, 5) is 12.3. The van der Waals surface area contributed by atoms with E-state index >= 15 is 0 Å². The summed E-state index contributed by atoms with van der Waals surface area (Å²) in [6.45, 7) is 4.22. The van der Waals surface area contributed by atoms with Crippen molar-refractivity contribution in [2.24, 2.45) is 0 Å². The average Bonchev–Trinajstić information content (AvgIpc) is 2.99. The van der Waals surface area contributed by atoms with E-state index in [1.54, 1.807) is 0 Å². The minimum Gasteiger partial charge on any atom is -0.394 e. The minimum absolute atomic E-state index is 0.0617. The van der Waals surface area contributed by atoms with Gasteiger partial charge in [0.05, 0.1) is 18.8 Å². The molecule has 1 amide bonds. The van der Waals surface area contributed by atoms with Crippen molar-refractivity contribution in [2.75, 3.05) is 6.61 Å². The zero-order chi connectivity index (χ0) is 30.8. The van der Waals surface area contributed by atoms with Crippen LogP contribution in [0.25, 0.3) is 0 Å². The van der Waals surface area contributed by atoms with Crippen LogP contribution in [0.4, 0.5) is 0 Å². The largest absolute Gasteiger partial charge is 0.394 e. The quantitative estimate of drug-likeness (QED) is 0.0540. The fourth-order valence-corrected chi connectivity index (χ4v) is 5.37. The van der Waals surface area contributed by atoms with Crippen molar-refractivity contribution >= 4 is 5.91 Å². The van der Waals surface area contributed by atoms with Gasteiger partial charge in [-0.3, -0.25) is 4.79 Å². The number of nitrogens with one attached hydrogen (secondary N) is 1. The zero-order valence-corrected chi connectivity index (χ0v) is 28.0. The topological polar surface area (TPSA) is 69.6 Å². The monoisotopic (exact) mass is 590 g/mol. The van der Waals surface area contributed by atoms with Gasteiger partial charge in [0, 0.05) is 6.42 Å². The van der Waals surface area contributed by atoms with Crippen LogP contribution in [-0.4, -0.2) is 34.9 Å². The lowest BCUT2D eigenvalue weighted by atomic mass is 10.0. The summed E-state index contributed by atoms with van der Waals surface area (Å²) in [5.74, 6) is -0.0617. The van der Waals surface area contributed by atoms with Gasteiger partial charge in [0.25, 0.3) is 0 Å². The predicted molar refractivity (Wildman–Crippen MR) is 184 cm³/mol. The Labute approximate surface area is 261 Å². The second-order valence-corrected chi connectivity index (χ2v) is 12.3. The lowest BCUT2D eigenvalue weighted by molar-refractivity contribution is -0.123. The first-order chi connectivity index (χ1) is 20.7. The molecule has 0 aliphatic carbocycles. The van der Waals surface area contributed by atoms with E-state index in [2.05, 4.69) is 55.6 Å². The van der Waals surface area contributed by atoms with Crippen molar-refractivity contribution in [3.8, 4) is 0 Å². The van der Waals surface area contributed by atoms with Crippen LogP contribution >= 0.6 is 0 Å². The number of amides is 1. The SMILES string of the molecule is CC/C=C\C/C=C\C/C=C\CCCCCC(=O)NC(CO)C(O)CCCCCCCCCCCCCCCCCCC. The molecule has 42 heavy (non-hydrogen) atoms. The fourth-order valence-electron chi connectivity index (χ4n) is 5.37. The van der Waals surface area contributed by atoms with E-state index in [9.17, 15) is 15.0 Å². The van der Waals surface area contributed by atoms with Gasteiger partial charge in [-0.25, -0.2) is 0 Å². The second-order valence-electron chi connectivity index (χ2n) is 12.3. The van der Waals surface area contributed by atoms with E-state index in [0.29, 0.717) is 12.8 Å². The minimum atomic E-state index is -0.669. The average molecular weight is 590 g/mol. The molecule has 0 aromatic rings. The number of unbranched alkanes of at least 4 members (excludes halogenated alkanes) is 19.